The standard InChI is InChI=1S/C16H22O2/c1-4-18-16(17)12(3)14-9-15(10-14)13-7-5-11(2)6-8-13/h5-8,12,14-15H,4,9-10H2,1-3H3. The van der Waals surface area contributed by atoms with E-state index in [2.05, 4.69) is 31.2 Å². The second-order valence-electron chi connectivity index (χ2n) is 5.38. The van der Waals surface area contributed by atoms with Crippen LogP contribution in [0.25, 0.3) is 0 Å². The van der Waals surface area contributed by atoms with Gasteiger partial charge in [0, 0.05) is 0 Å². The Morgan fingerprint density at radius 3 is 2.50 bits per heavy atom. The van der Waals surface area contributed by atoms with E-state index in [0.717, 1.165) is 12.8 Å². The third-order valence-corrected chi connectivity index (χ3v) is 4.09. The first-order valence-electron chi connectivity index (χ1n) is 6.85. The summed E-state index contributed by atoms with van der Waals surface area (Å²) in [7, 11) is 0. The molecule has 0 saturated heterocycles. The smallest absolute Gasteiger partial charge is 0.308 e. The molecule has 0 aromatic heterocycles. The first kappa shape index (κ1) is 13.1. The molecule has 0 N–H and O–H groups in total. The largest absolute Gasteiger partial charge is 0.466 e. The minimum Gasteiger partial charge on any atom is -0.466 e. The van der Waals surface area contributed by atoms with Crippen LogP contribution in [0, 0.1) is 18.8 Å². The lowest BCUT2D eigenvalue weighted by Gasteiger charge is -2.38. The Morgan fingerprint density at radius 1 is 1.33 bits per heavy atom. The summed E-state index contributed by atoms with van der Waals surface area (Å²) >= 11 is 0. The molecule has 1 atom stereocenters. The van der Waals surface area contributed by atoms with Gasteiger partial charge in [0.15, 0.2) is 0 Å². The molecule has 0 amide bonds. The lowest BCUT2D eigenvalue weighted by Crippen LogP contribution is -2.32. The molecule has 2 heteroatoms. The van der Waals surface area contributed by atoms with Gasteiger partial charge >= 0.3 is 5.97 Å². The zero-order chi connectivity index (χ0) is 13.1. The Bertz CT molecular complexity index is 402. The molecule has 1 aliphatic carbocycles. The number of benzene rings is 1. The highest BCUT2D eigenvalue weighted by Crippen LogP contribution is 2.45. The van der Waals surface area contributed by atoms with Crippen molar-refractivity contribution in [2.75, 3.05) is 6.61 Å². The quantitative estimate of drug-likeness (QED) is 0.757. The van der Waals surface area contributed by atoms with E-state index in [1.54, 1.807) is 0 Å². The van der Waals surface area contributed by atoms with Crippen LogP contribution in [-0.2, 0) is 9.53 Å². The van der Waals surface area contributed by atoms with Crippen LogP contribution in [0.15, 0.2) is 24.3 Å². The fourth-order valence-electron chi connectivity index (χ4n) is 2.65. The Labute approximate surface area is 109 Å². The van der Waals surface area contributed by atoms with Gasteiger partial charge in [-0.25, -0.2) is 0 Å². The van der Waals surface area contributed by atoms with Gasteiger partial charge in [0.2, 0.25) is 0 Å². The van der Waals surface area contributed by atoms with Gasteiger partial charge in [-0.2, -0.15) is 0 Å². The van der Waals surface area contributed by atoms with Crippen molar-refractivity contribution >= 4 is 5.97 Å². The Balaban J connectivity index is 1.86. The first-order chi connectivity index (χ1) is 8.61. The van der Waals surface area contributed by atoms with E-state index in [4.69, 9.17) is 4.74 Å². The third kappa shape index (κ3) is 2.74. The number of hydrogen-bond donors (Lipinski definition) is 0. The van der Waals surface area contributed by atoms with Crippen molar-refractivity contribution in [3.05, 3.63) is 35.4 Å². The molecule has 1 unspecified atom stereocenters. The summed E-state index contributed by atoms with van der Waals surface area (Å²) in [5.41, 5.74) is 2.71. The Hall–Kier alpha value is -1.31. The van der Waals surface area contributed by atoms with Crippen LogP contribution in [0.3, 0.4) is 0 Å². The van der Waals surface area contributed by atoms with Gasteiger partial charge in [-0.05, 0) is 44.1 Å². The number of aryl methyl sites for hydroxylation is 1. The lowest BCUT2D eigenvalue weighted by atomic mass is 9.66. The summed E-state index contributed by atoms with van der Waals surface area (Å²) in [5.74, 6) is 1.14. The van der Waals surface area contributed by atoms with Crippen LogP contribution in [0.4, 0.5) is 0 Å². The zero-order valence-electron chi connectivity index (χ0n) is 11.5. The summed E-state index contributed by atoms with van der Waals surface area (Å²) in [6.45, 7) is 6.45. The number of carbonyl (C=O) groups excluding carboxylic acids is 1. The van der Waals surface area contributed by atoms with Crippen LogP contribution < -0.4 is 0 Å². The molecule has 1 saturated carbocycles. The summed E-state index contributed by atoms with van der Waals surface area (Å²) in [4.78, 5) is 11.6. The number of carbonyl (C=O) groups is 1. The highest BCUT2D eigenvalue weighted by atomic mass is 16.5. The molecule has 1 aromatic carbocycles. The average Bonchev–Trinajstić information content (AvgIpc) is 2.30. The van der Waals surface area contributed by atoms with Crippen molar-refractivity contribution in [2.24, 2.45) is 11.8 Å². The van der Waals surface area contributed by atoms with Gasteiger partial charge in [0.25, 0.3) is 0 Å². The van der Waals surface area contributed by atoms with Crippen molar-refractivity contribution in [3.8, 4) is 0 Å². The normalized spacial score (nSPS) is 24.2. The highest BCUT2D eigenvalue weighted by molar-refractivity contribution is 5.72. The summed E-state index contributed by atoms with van der Waals surface area (Å²) in [5, 5.41) is 0. The predicted molar refractivity (Wildman–Crippen MR) is 72.4 cm³/mol. The number of esters is 1. The molecule has 2 rings (SSSR count). The molecule has 1 fully saturated rings. The molecular weight excluding hydrogens is 224 g/mol. The molecular formula is C16H22O2. The van der Waals surface area contributed by atoms with Crippen LogP contribution in [0.2, 0.25) is 0 Å². The van der Waals surface area contributed by atoms with Gasteiger partial charge < -0.3 is 4.74 Å². The molecule has 1 aliphatic rings. The predicted octanol–water partition coefficient (Wildman–Crippen LogP) is 3.69. The molecule has 0 heterocycles. The third-order valence-electron chi connectivity index (χ3n) is 4.09. The fourth-order valence-corrected chi connectivity index (χ4v) is 2.65. The van der Waals surface area contributed by atoms with Crippen LogP contribution in [-0.4, -0.2) is 12.6 Å². The van der Waals surface area contributed by atoms with E-state index in [-0.39, 0.29) is 11.9 Å². The Morgan fingerprint density at radius 2 is 1.94 bits per heavy atom. The maximum absolute atomic E-state index is 11.6. The number of hydrogen-bond acceptors (Lipinski definition) is 2. The molecule has 0 radical (unpaired) electrons. The van der Waals surface area contributed by atoms with Crippen molar-refractivity contribution in [1.82, 2.24) is 0 Å². The van der Waals surface area contributed by atoms with Crippen LogP contribution in [0.1, 0.15) is 43.7 Å². The fraction of sp³-hybridized carbons (Fsp3) is 0.562. The molecule has 98 valence electrons. The first-order valence-corrected chi connectivity index (χ1v) is 6.85. The summed E-state index contributed by atoms with van der Waals surface area (Å²) in [6, 6.07) is 8.76. The van der Waals surface area contributed by atoms with Gasteiger partial charge in [-0.3, -0.25) is 4.79 Å². The van der Waals surface area contributed by atoms with Crippen LogP contribution >= 0.6 is 0 Å². The zero-order valence-corrected chi connectivity index (χ0v) is 11.5. The van der Waals surface area contributed by atoms with Gasteiger partial charge in [0.05, 0.1) is 12.5 Å². The molecule has 1 aromatic rings. The van der Waals surface area contributed by atoms with Crippen molar-refractivity contribution < 1.29 is 9.53 Å². The van der Waals surface area contributed by atoms with Crippen molar-refractivity contribution in [3.63, 3.8) is 0 Å². The molecule has 18 heavy (non-hydrogen) atoms. The van der Waals surface area contributed by atoms with Crippen molar-refractivity contribution in [1.29, 1.82) is 0 Å². The van der Waals surface area contributed by atoms with Gasteiger partial charge in [0.1, 0.15) is 0 Å². The summed E-state index contributed by atoms with van der Waals surface area (Å²) < 4.78 is 5.08. The number of ether oxygens (including phenoxy) is 1. The Kier molecular flexibility index (Phi) is 4.05. The second kappa shape index (κ2) is 5.55. The molecule has 0 spiro atoms. The second-order valence-corrected chi connectivity index (χ2v) is 5.38. The van der Waals surface area contributed by atoms with E-state index in [1.807, 2.05) is 13.8 Å². The van der Waals surface area contributed by atoms with Crippen molar-refractivity contribution in [2.45, 2.75) is 39.5 Å². The van der Waals surface area contributed by atoms with Crippen LogP contribution in [0.5, 0.6) is 0 Å². The maximum atomic E-state index is 11.6. The van der Waals surface area contributed by atoms with E-state index in [9.17, 15) is 4.79 Å². The van der Waals surface area contributed by atoms with Gasteiger partial charge in [-0.1, -0.05) is 36.8 Å². The minimum absolute atomic E-state index is 0.0372. The topological polar surface area (TPSA) is 26.3 Å². The van der Waals surface area contributed by atoms with E-state index in [0.29, 0.717) is 18.4 Å². The van der Waals surface area contributed by atoms with E-state index < -0.39 is 0 Å². The maximum Gasteiger partial charge on any atom is 0.308 e. The van der Waals surface area contributed by atoms with E-state index >= 15 is 0 Å². The minimum atomic E-state index is -0.0372. The van der Waals surface area contributed by atoms with Gasteiger partial charge in [-0.15, -0.1) is 0 Å². The average molecular weight is 246 g/mol. The summed E-state index contributed by atoms with van der Waals surface area (Å²) in [6.07, 6.45) is 2.23. The molecule has 0 bridgehead atoms. The SMILES string of the molecule is CCOC(=O)C(C)C1CC(c2ccc(C)cc2)C1. The monoisotopic (exact) mass is 246 g/mol. The number of rotatable bonds is 4. The molecule has 0 aliphatic heterocycles. The lowest BCUT2D eigenvalue weighted by molar-refractivity contribution is -0.150. The highest BCUT2D eigenvalue weighted by Gasteiger charge is 2.37. The van der Waals surface area contributed by atoms with E-state index in [1.165, 1.54) is 11.1 Å². The molecule has 2 nitrogen and oxygen atoms in total.